The van der Waals surface area contributed by atoms with Gasteiger partial charge in [-0.1, -0.05) is 55.0 Å². The first-order chi connectivity index (χ1) is 19.2. The number of amides is 2. The van der Waals surface area contributed by atoms with E-state index in [1.807, 2.05) is 45.0 Å². The number of carbonyl (C=O) groups excluding carboxylic acids is 2. The predicted molar refractivity (Wildman–Crippen MR) is 155 cm³/mol. The van der Waals surface area contributed by atoms with Crippen LogP contribution in [0.3, 0.4) is 0 Å². The number of nitrogens with one attached hydrogen (secondary N) is 1. The molecule has 0 aliphatic carbocycles. The maximum absolute atomic E-state index is 14.1. The summed E-state index contributed by atoms with van der Waals surface area (Å²) in [5.41, 5.74) is 2.06. The summed E-state index contributed by atoms with van der Waals surface area (Å²) < 4.78 is 39.6. The molecule has 0 bridgehead atoms. The van der Waals surface area contributed by atoms with Gasteiger partial charge in [0, 0.05) is 19.2 Å². The van der Waals surface area contributed by atoms with E-state index < -0.39 is 28.5 Å². The van der Waals surface area contributed by atoms with Crippen molar-refractivity contribution in [1.82, 2.24) is 10.2 Å². The number of benzene rings is 3. The standard InChI is InChI=1S/C30H37N3O6S/c1-6-26(30(35)31-7-2)32(20-23-13-11-12-22(3)18-23)29(34)21-33(40(36,37)25-14-9-8-10-15-25)24-16-17-27(38-4)28(19-24)39-5/h8-19,26H,6-7,20-21H2,1-5H3,(H,31,35)/t26-/m0/s1. The first-order valence-electron chi connectivity index (χ1n) is 13.1. The Labute approximate surface area is 236 Å². The van der Waals surface area contributed by atoms with Crippen molar-refractivity contribution in [2.24, 2.45) is 0 Å². The number of anilines is 1. The lowest BCUT2D eigenvalue weighted by molar-refractivity contribution is -0.140. The summed E-state index contributed by atoms with van der Waals surface area (Å²) in [4.78, 5) is 28.6. The molecule has 1 N–H and O–H groups in total. The molecule has 3 rings (SSSR count). The quantitative estimate of drug-likeness (QED) is 0.333. The van der Waals surface area contributed by atoms with Gasteiger partial charge in [-0.2, -0.15) is 0 Å². The minimum Gasteiger partial charge on any atom is -0.493 e. The molecular weight excluding hydrogens is 530 g/mol. The van der Waals surface area contributed by atoms with Gasteiger partial charge >= 0.3 is 0 Å². The fourth-order valence-electron chi connectivity index (χ4n) is 4.45. The number of sulfonamides is 1. The number of hydrogen-bond acceptors (Lipinski definition) is 6. The SMILES string of the molecule is CCNC(=O)[C@H](CC)N(Cc1cccc(C)c1)C(=O)CN(c1ccc(OC)c(OC)c1)S(=O)(=O)c1ccccc1. The largest absolute Gasteiger partial charge is 0.493 e. The van der Waals surface area contributed by atoms with E-state index in [4.69, 9.17) is 9.47 Å². The van der Waals surface area contributed by atoms with E-state index in [-0.39, 0.29) is 23.0 Å². The molecule has 2 amide bonds. The van der Waals surface area contributed by atoms with E-state index in [0.717, 1.165) is 15.4 Å². The predicted octanol–water partition coefficient (Wildman–Crippen LogP) is 4.15. The first kappa shape index (κ1) is 30.5. The molecule has 0 saturated carbocycles. The zero-order valence-corrected chi connectivity index (χ0v) is 24.4. The highest BCUT2D eigenvalue weighted by Gasteiger charge is 2.34. The van der Waals surface area contributed by atoms with Crippen LogP contribution in [0.4, 0.5) is 5.69 Å². The van der Waals surface area contributed by atoms with Gasteiger partial charge < -0.3 is 19.7 Å². The highest BCUT2D eigenvalue weighted by molar-refractivity contribution is 7.92. The highest BCUT2D eigenvalue weighted by atomic mass is 32.2. The number of methoxy groups -OCH3 is 2. The molecule has 0 aromatic heterocycles. The smallest absolute Gasteiger partial charge is 0.264 e. The second-order valence-corrected chi connectivity index (χ2v) is 11.1. The van der Waals surface area contributed by atoms with Crippen molar-refractivity contribution in [2.75, 3.05) is 31.6 Å². The number of carbonyl (C=O) groups is 2. The molecule has 40 heavy (non-hydrogen) atoms. The van der Waals surface area contributed by atoms with Crippen LogP contribution in [0, 0.1) is 6.92 Å². The van der Waals surface area contributed by atoms with E-state index in [2.05, 4.69) is 5.32 Å². The number of nitrogens with zero attached hydrogens (tertiary/aromatic N) is 2. The Morgan fingerprint density at radius 1 is 0.900 bits per heavy atom. The lowest BCUT2D eigenvalue weighted by Gasteiger charge is -2.33. The van der Waals surface area contributed by atoms with E-state index >= 15 is 0 Å². The van der Waals surface area contributed by atoms with Crippen LogP contribution in [0.15, 0.2) is 77.7 Å². The van der Waals surface area contributed by atoms with Crippen molar-refractivity contribution >= 4 is 27.5 Å². The molecule has 3 aromatic carbocycles. The summed E-state index contributed by atoms with van der Waals surface area (Å²) in [6.07, 6.45) is 0.352. The van der Waals surface area contributed by atoms with Gasteiger partial charge in [0.15, 0.2) is 11.5 Å². The minimum atomic E-state index is -4.18. The minimum absolute atomic E-state index is 0.0265. The van der Waals surface area contributed by atoms with Gasteiger partial charge in [0.2, 0.25) is 11.8 Å². The van der Waals surface area contributed by atoms with E-state index in [1.54, 1.807) is 30.3 Å². The summed E-state index contributed by atoms with van der Waals surface area (Å²) in [7, 11) is -1.25. The summed E-state index contributed by atoms with van der Waals surface area (Å²) in [5.74, 6) is -0.0902. The van der Waals surface area contributed by atoms with Gasteiger partial charge in [0.25, 0.3) is 10.0 Å². The third-order valence-corrected chi connectivity index (χ3v) is 8.23. The molecule has 0 aliphatic rings. The molecule has 0 aliphatic heterocycles. The average Bonchev–Trinajstić information content (AvgIpc) is 2.95. The molecule has 0 spiro atoms. The van der Waals surface area contributed by atoms with E-state index in [9.17, 15) is 18.0 Å². The Hall–Kier alpha value is -4.05. The number of hydrogen-bond donors (Lipinski definition) is 1. The summed E-state index contributed by atoms with van der Waals surface area (Å²) in [6, 6.07) is 19.4. The van der Waals surface area contributed by atoms with E-state index in [1.165, 1.54) is 37.3 Å². The Balaban J connectivity index is 2.11. The molecule has 0 heterocycles. The van der Waals surface area contributed by atoms with Crippen LogP contribution in [-0.4, -0.2) is 58.5 Å². The Morgan fingerprint density at radius 2 is 1.60 bits per heavy atom. The first-order valence-corrected chi connectivity index (χ1v) is 14.5. The normalized spacial score (nSPS) is 11.8. The van der Waals surface area contributed by atoms with Gasteiger partial charge in [-0.25, -0.2) is 8.42 Å². The maximum atomic E-state index is 14.1. The Morgan fingerprint density at radius 3 is 2.20 bits per heavy atom. The van der Waals surface area contributed by atoms with Crippen molar-refractivity contribution in [3.63, 3.8) is 0 Å². The summed E-state index contributed by atoms with van der Waals surface area (Å²) >= 11 is 0. The summed E-state index contributed by atoms with van der Waals surface area (Å²) in [6.45, 7) is 5.59. The molecule has 9 nitrogen and oxygen atoms in total. The van der Waals surface area contributed by atoms with Crippen molar-refractivity contribution in [1.29, 1.82) is 0 Å². The fourth-order valence-corrected chi connectivity index (χ4v) is 5.87. The van der Waals surface area contributed by atoms with Gasteiger partial charge in [-0.3, -0.25) is 13.9 Å². The topological polar surface area (TPSA) is 105 Å². The van der Waals surface area contributed by atoms with Crippen LogP contribution in [0.2, 0.25) is 0 Å². The lowest BCUT2D eigenvalue weighted by atomic mass is 10.1. The van der Waals surface area contributed by atoms with E-state index in [0.29, 0.717) is 24.5 Å². The molecule has 3 aromatic rings. The zero-order valence-electron chi connectivity index (χ0n) is 23.6. The monoisotopic (exact) mass is 567 g/mol. The van der Waals surface area contributed by atoms with Crippen LogP contribution in [0.1, 0.15) is 31.4 Å². The third kappa shape index (κ3) is 7.12. The maximum Gasteiger partial charge on any atom is 0.264 e. The van der Waals surface area contributed by atoms with Gasteiger partial charge in [0.1, 0.15) is 12.6 Å². The average molecular weight is 568 g/mol. The lowest BCUT2D eigenvalue weighted by Crippen LogP contribution is -2.52. The Kier molecular flexibility index (Phi) is 10.6. The number of aryl methyl sites for hydroxylation is 1. The highest BCUT2D eigenvalue weighted by Crippen LogP contribution is 2.34. The van der Waals surface area contributed by atoms with Crippen LogP contribution < -0.4 is 19.1 Å². The van der Waals surface area contributed by atoms with Crippen LogP contribution in [0.5, 0.6) is 11.5 Å². The van der Waals surface area contributed by atoms with Crippen LogP contribution in [0.25, 0.3) is 0 Å². The molecule has 0 saturated heterocycles. The van der Waals surface area contributed by atoms with Gasteiger partial charge in [-0.15, -0.1) is 0 Å². The number of likely N-dealkylation sites (N-methyl/N-ethyl adjacent to an activating group) is 1. The van der Waals surface area contributed by atoms with Crippen molar-refractivity contribution in [3.05, 3.63) is 83.9 Å². The molecule has 1 atom stereocenters. The zero-order chi connectivity index (χ0) is 29.3. The summed E-state index contributed by atoms with van der Waals surface area (Å²) in [5, 5.41) is 2.80. The fraction of sp³-hybridized carbons (Fsp3) is 0.333. The van der Waals surface area contributed by atoms with Crippen molar-refractivity contribution in [2.45, 2.75) is 44.7 Å². The molecule has 214 valence electrons. The van der Waals surface area contributed by atoms with Crippen LogP contribution in [-0.2, 0) is 26.2 Å². The van der Waals surface area contributed by atoms with Gasteiger partial charge in [0.05, 0.1) is 24.8 Å². The molecule has 0 radical (unpaired) electrons. The van der Waals surface area contributed by atoms with Crippen molar-refractivity contribution < 1.29 is 27.5 Å². The molecular formula is C30H37N3O6S. The third-order valence-electron chi connectivity index (χ3n) is 6.44. The van der Waals surface area contributed by atoms with Crippen LogP contribution >= 0.6 is 0 Å². The second kappa shape index (κ2) is 13.8. The number of ether oxygens (including phenoxy) is 2. The second-order valence-electron chi connectivity index (χ2n) is 9.19. The Bertz CT molecular complexity index is 1410. The molecule has 0 unspecified atom stereocenters. The molecule has 0 fully saturated rings. The van der Waals surface area contributed by atoms with Crippen molar-refractivity contribution in [3.8, 4) is 11.5 Å². The number of rotatable bonds is 13. The van der Waals surface area contributed by atoms with Gasteiger partial charge in [-0.05, 0) is 50.1 Å². The molecule has 10 heteroatoms.